The van der Waals surface area contributed by atoms with Crippen molar-refractivity contribution in [2.24, 2.45) is 0 Å². The van der Waals surface area contributed by atoms with Crippen molar-refractivity contribution in [2.75, 3.05) is 27.2 Å². The molecular weight excluding hydrogens is 424 g/mol. The predicted molar refractivity (Wildman–Crippen MR) is 124 cm³/mol. The Kier molecular flexibility index (Phi) is 7.55. The molecule has 4 N–H and O–H groups in total. The fourth-order valence-electron chi connectivity index (χ4n) is 3.12. The number of hydrogen-bond acceptors (Lipinski definition) is 6. The summed E-state index contributed by atoms with van der Waals surface area (Å²) in [7, 11) is 3.46. The molecule has 174 valence electrons. The summed E-state index contributed by atoms with van der Waals surface area (Å²) < 4.78 is 17.5. The summed E-state index contributed by atoms with van der Waals surface area (Å²) in [6.45, 7) is 4.67. The molecule has 0 atom stereocenters. The van der Waals surface area contributed by atoms with E-state index in [0.29, 0.717) is 47.3 Å². The van der Waals surface area contributed by atoms with Crippen LogP contribution < -0.4 is 30.3 Å². The molecule has 33 heavy (non-hydrogen) atoms. The zero-order valence-corrected chi connectivity index (χ0v) is 19.2. The van der Waals surface area contributed by atoms with Gasteiger partial charge in [0.2, 0.25) is 0 Å². The van der Waals surface area contributed by atoms with Crippen LogP contribution in [0.4, 0.5) is 0 Å². The number of amidine groups is 1. The number of benzene rings is 2. The largest absolute Gasteiger partial charge is 0.491 e. The second-order valence-electron chi connectivity index (χ2n) is 7.73. The van der Waals surface area contributed by atoms with E-state index in [1.807, 2.05) is 13.8 Å². The van der Waals surface area contributed by atoms with Crippen molar-refractivity contribution in [3.63, 3.8) is 0 Å². The fraction of sp³-hybridized carbons (Fsp3) is 0.292. The van der Waals surface area contributed by atoms with E-state index in [-0.39, 0.29) is 17.8 Å². The highest BCUT2D eigenvalue weighted by Gasteiger charge is 2.22. The smallest absolute Gasteiger partial charge is 0.339 e. The average Bonchev–Trinajstić information content (AvgIpc) is 2.89. The zero-order chi connectivity index (χ0) is 24.0. The summed E-state index contributed by atoms with van der Waals surface area (Å²) in [5.74, 6) is 1.44. The van der Waals surface area contributed by atoms with Gasteiger partial charge >= 0.3 is 5.91 Å². The standard InChI is InChI=1S/C24H28N4O5/c1-15(2)32-18-11-16(23(29)27-22(25)7-8-26-3)12-19(13-18)33-17-5-6-20-21(14-17)31-10-9-28(4)24(20)30/h5-8,11-15,26H,9-10H2,1-4H3,(H2,25,27,29)/p+1/b8-7-. The van der Waals surface area contributed by atoms with Crippen molar-refractivity contribution < 1.29 is 29.2 Å². The number of rotatable bonds is 7. The first-order valence-electron chi connectivity index (χ1n) is 10.6. The van der Waals surface area contributed by atoms with Gasteiger partial charge in [-0.05, 0) is 38.1 Å². The third-order valence-electron chi connectivity index (χ3n) is 4.65. The highest BCUT2D eigenvalue weighted by molar-refractivity contribution is 6.08. The molecule has 3 rings (SSSR count). The molecule has 0 radical (unpaired) electrons. The first kappa shape index (κ1) is 23.6. The lowest BCUT2D eigenvalue weighted by Crippen LogP contribution is -2.49. The van der Waals surface area contributed by atoms with Crippen molar-refractivity contribution >= 4 is 17.6 Å². The molecule has 0 saturated carbocycles. The van der Waals surface area contributed by atoms with E-state index in [1.54, 1.807) is 61.6 Å². The number of carbonyl (C=O) groups excluding carboxylic acids is 2. The van der Waals surface area contributed by atoms with Crippen LogP contribution in [0.15, 0.2) is 48.7 Å². The number of amides is 2. The quantitative estimate of drug-likeness (QED) is 0.431. The van der Waals surface area contributed by atoms with E-state index in [0.717, 1.165) is 0 Å². The van der Waals surface area contributed by atoms with Crippen LogP contribution in [-0.4, -0.2) is 55.9 Å². The first-order chi connectivity index (χ1) is 15.8. The molecule has 9 heteroatoms. The van der Waals surface area contributed by atoms with Crippen LogP contribution in [-0.2, 0) is 0 Å². The second kappa shape index (κ2) is 10.5. The third kappa shape index (κ3) is 6.25. The minimum atomic E-state index is -0.411. The number of nitrogens with two attached hydrogens (primary N) is 1. The Morgan fingerprint density at radius 2 is 1.94 bits per heavy atom. The zero-order valence-electron chi connectivity index (χ0n) is 19.2. The van der Waals surface area contributed by atoms with Crippen LogP contribution in [0.5, 0.6) is 23.0 Å². The Morgan fingerprint density at radius 1 is 1.18 bits per heavy atom. The van der Waals surface area contributed by atoms with Gasteiger partial charge in [0.15, 0.2) is 0 Å². The minimum absolute atomic E-state index is 0.102. The van der Waals surface area contributed by atoms with Crippen LogP contribution in [0.1, 0.15) is 34.6 Å². The first-order valence-corrected chi connectivity index (χ1v) is 10.6. The molecule has 0 aromatic heterocycles. The molecule has 1 aliphatic rings. The molecule has 0 fully saturated rings. The Bertz CT molecular complexity index is 1080. The number of hydrogen-bond donors (Lipinski definition) is 3. The maximum absolute atomic E-state index is 12.7. The number of carbonyl (C=O) groups is 2. The number of ether oxygens (including phenoxy) is 3. The highest BCUT2D eigenvalue weighted by atomic mass is 16.5. The van der Waals surface area contributed by atoms with Crippen molar-refractivity contribution in [3.8, 4) is 23.0 Å². The number of nitrogens with zero attached hydrogens (tertiary/aromatic N) is 1. The molecule has 0 aliphatic carbocycles. The fourth-order valence-corrected chi connectivity index (χ4v) is 3.12. The van der Waals surface area contributed by atoms with Gasteiger partial charge in [-0.3, -0.25) is 10.2 Å². The van der Waals surface area contributed by atoms with Gasteiger partial charge in [-0.2, -0.15) is 0 Å². The molecule has 2 aromatic carbocycles. The number of fused-ring (bicyclic) bond motifs is 1. The van der Waals surface area contributed by atoms with Gasteiger partial charge in [0, 0.05) is 38.5 Å². The Hall–Kier alpha value is -4.01. The van der Waals surface area contributed by atoms with Gasteiger partial charge in [0.25, 0.3) is 11.7 Å². The lowest BCUT2D eigenvalue weighted by Gasteiger charge is -2.14. The summed E-state index contributed by atoms with van der Waals surface area (Å²) in [6.07, 6.45) is 3.04. The molecule has 0 saturated heterocycles. The molecule has 0 spiro atoms. The summed E-state index contributed by atoms with van der Waals surface area (Å²) in [5.41, 5.74) is 0.784. The van der Waals surface area contributed by atoms with Gasteiger partial charge < -0.3 is 24.4 Å². The van der Waals surface area contributed by atoms with Crippen LogP contribution in [0.3, 0.4) is 0 Å². The van der Waals surface area contributed by atoms with E-state index in [4.69, 9.17) is 19.6 Å². The molecule has 9 nitrogen and oxygen atoms in total. The van der Waals surface area contributed by atoms with E-state index in [1.165, 1.54) is 6.08 Å². The molecule has 2 aromatic rings. The summed E-state index contributed by atoms with van der Waals surface area (Å²) in [6, 6.07) is 9.91. The van der Waals surface area contributed by atoms with Crippen LogP contribution in [0.2, 0.25) is 0 Å². The van der Waals surface area contributed by atoms with E-state index < -0.39 is 5.91 Å². The van der Waals surface area contributed by atoms with Gasteiger partial charge in [-0.15, -0.1) is 0 Å². The monoisotopic (exact) mass is 453 g/mol. The number of nitrogens with one attached hydrogen (secondary N) is 2. The van der Waals surface area contributed by atoms with Gasteiger partial charge in [-0.25, -0.2) is 10.1 Å². The summed E-state index contributed by atoms with van der Waals surface area (Å²) >= 11 is 0. The van der Waals surface area contributed by atoms with Crippen LogP contribution >= 0.6 is 0 Å². The van der Waals surface area contributed by atoms with Crippen molar-refractivity contribution in [3.05, 3.63) is 59.8 Å². The Morgan fingerprint density at radius 3 is 2.67 bits per heavy atom. The van der Waals surface area contributed by atoms with Crippen LogP contribution in [0.25, 0.3) is 0 Å². The highest BCUT2D eigenvalue weighted by Crippen LogP contribution is 2.32. The molecular formula is C24H29N4O5+. The molecule has 2 amide bonds. The Balaban J connectivity index is 1.88. The van der Waals surface area contributed by atoms with E-state index >= 15 is 0 Å². The van der Waals surface area contributed by atoms with Crippen molar-refractivity contribution in [1.29, 1.82) is 0 Å². The lowest BCUT2D eigenvalue weighted by atomic mass is 10.1. The van der Waals surface area contributed by atoms with Crippen molar-refractivity contribution in [2.45, 2.75) is 20.0 Å². The third-order valence-corrected chi connectivity index (χ3v) is 4.65. The average molecular weight is 454 g/mol. The topological polar surface area (TPSA) is 115 Å². The lowest BCUT2D eigenvalue weighted by molar-refractivity contribution is -0.115. The molecule has 1 heterocycles. The minimum Gasteiger partial charge on any atom is -0.491 e. The summed E-state index contributed by atoms with van der Waals surface area (Å²) in [4.78, 5) is 26.8. The normalized spacial score (nSPS) is 13.2. The summed E-state index contributed by atoms with van der Waals surface area (Å²) in [5, 5.41) is 11.2. The molecule has 0 unspecified atom stereocenters. The Labute approximate surface area is 192 Å². The van der Waals surface area contributed by atoms with Crippen LogP contribution in [0, 0.1) is 0 Å². The molecule has 0 bridgehead atoms. The number of likely N-dealkylation sites (N-methyl/N-ethyl adjacent to an activating group) is 1. The van der Waals surface area contributed by atoms with Gasteiger partial charge in [0.05, 0.1) is 23.8 Å². The van der Waals surface area contributed by atoms with Gasteiger partial charge in [0.1, 0.15) is 29.6 Å². The molecule has 1 aliphatic heterocycles. The predicted octanol–water partition coefficient (Wildman–Crippen LogP) is 1.35. The maximum atomic E-state index is 12.7. The SMILES string of the molecule is CN/C=C\C(=[NH2+])NC(=O)c1cc(Oc2ccc3c(c2)OCCN(C)C3=O)cc(OC(C)C)c1. The van der Waals surface area contributed by atoms with E-state index in [2.05, 4.69) is 10.6 Å². The van der Waals surface area contributed by atoms with Gasteiger partial charge in [-0.1, -0.05) is 0 Å². The van der Waals surface area contributed by atoms with E-state index in [9.17, 15) is 9.59 Å². The van der Waals surface area contributed by atoms with Crippen molar-refractivity contribution in [1.82, 2.24) is 15.5 Å². The maximum Gasteiger partial charge on any atom is 0.339 e. The second-order valence-corrected chi connectivity index (χ2v) is 7.73.